The molecule has 2 heterocycles. The molecule has 2 atom stereocenters. The number of furan rings is 1. The molecule has 0 bridgehead atoms. The van der Waals surface area contributed by atoms with Crippen molar-refractivity contribution in [2.24, 2.45) is 13.0 Å². The first-order valence-electron chi connectivity index (χ1n) is 7.43. The van der Waals surface area contributed by atoms with Crippen LogP contribution in [0, 0.1) is 12.8 Å². The molecule has 3 rings (SSSR count). The minimum absolute atomic E-state index is 0.0285. The molecule has 0 aliphatic heterocycles. The van der Waals surface area contributed by atoms with Gasteiger partial charge in [-0.05, 0) is 30.9 Å². The molecule has 7 nitrogen and oxygen atoms in total. The molecule has 2 aromatic heterocycles. The molecule has 1 aliphatic carbocycles. The van der Waals surface area contributed by atoms with Gasteiger partial charge in [0.05, 0.1) is 12.7 Å². The van der Waals surface area contributed by atoms with Crippen LogP contribution >= 0.6 is 0 Å². The number of carboxylic acids is 1. The van der Waals surface area contributed by atoms with Gasteiger partial charge >= 0.3 is 5.97 Å². The summed E-state index contributed by atoms with van der Waals surface area (Å²) < 4.78 is 7.16. The van der Waals surface area contributed by atoms with Gasteiger partial charge in [0.15, 0.2) is 0 Å². The van der Waals surface area contributed by atoms with Gasteiger partial charge in [0, 0.05) is 26.2 Å². The fraction of sp³-hybridized carbons (Fsp3) is 0.438. The molecule has 1 saturated carbocycles. The normalized spacial score (nSPS) is 19.6. The second-order valence-corrected chi connectivity index (χ2v) is 6.08. The number of hydrogen-bond donors (Lipinski definition) is 1. The van der Waals surface area contributed by atoms with Gasteiger partial charge in [-0.3, -0.25) is 9.48 Å². The minimum atomic E-state index is -1.02. The molecule has 1 N–H and O–H groups in total. The standard InChI is InChI=1S/C16H19N3O4/c1-9-12(16(21)22)4-11(23-9)8-18(2)15(20)14-5-13(14)10-6-17-19(3)7-10/h4,6-7,13-14H,5,8H2,1-3H3,(H,21,22). The average Bonchev–Trinajstić information content (AvgIpc) is 3.03. The van der Waals surface area contributed by atoms with E-state index in [1.807, 2.05) is 13.2 Å². The predicted octanol–water partition coefficient (Wildman–Crippen LogP) is 1.78. The summed E-state index contributed by atoms with van der Waals surface area (Å²) in [6, 6.07) is 1.48. The SMILES string of the molecule is Cc1oc(CN(C)C(=O)C2CC2c2cnn(C)c2)cc1C(=O)O. The fourth-order valence-corrected chi connectivity index (χ4v) is 2.90. The molecule has 0 aromatic carbocycles. The number of nitrogens with zero attached hydrogens (tertiary/aromatic N) is 3. The molecule has 1 aliphatic rings. The summed E-state index contributed by atoms with van der Waals surface area (Å²) in [5.41, 5.74) is 1.22. The number of carbonyl (C=O) groups is 2. The highest BCUT2D eigenvalue weighted by Gasteiger charge is 2.45. The summed E-state index contributed by atoms with van der Waals surface area (Å²) in [6.07, 6.45) is 4.56. The molecule has 7 heteroatoms. The second-order valence-electron chi connectivity index (χ2n) is 6.08. The molecule has 2 aromatic rings. The minimum Gasteiger partial charge on any atom is -0.478 e. The van der Waals surface area contributed by atoms with Crippen molar-refractivity contribution >= 4 is 11.9 Å². The molecular formula is C16H19N3O4. The Morgan fingerprint density at radius 2 is 2.26 bits per heavy atom. The van der Waals surface area contributed by atoms with E-state index >= 15 is 0 Å². The van der Waals surface area contributed by atoms with Gasteiger partial charge < -0.3 is 14.4 Å². The van der Waals surface area contributed by atoms with E-state index in [9.17, 15) is 9.59 Å². The predicted molar refractivity (Wildman–Crippen MR) is 80.9 cm³/mol. The van der Waals surface area contributed by atoms with Crippen molar-refractivity contribution in [3.63, 3.8) is 0 Å². The molecule has 1 fully saturated rings. The fourth-order valence-electron chi connectivity index (χ4n) is 2.90. The lowest BCUT2D eigenvalue weighted by Crippen LogP contribution is -2.27. The van der Waals surface area contributed by atoms with E-state index in [4.69, 9.17) is 9.52 Å². The number of amides is 1. The van der Waals surface area contributed by atoms with Crippen LogP contribution in [-0.4, -0.2) is 38.7 Å². The van der Waals surface area contributed by atoms with Crippen molar-refractivity contribution in [1.29, 1.82) is 0 Å². The Bertz CT molecular complexity index is 761. The van der Waals surface area contributed by atoms with Gasteiger partial charge in [-0.2, -0.15) is 5.10 Å². The van der Waals surface area contributed by atoms with Crippen molar-refractivity contribution in [2.45, 2.75) is 25.8 Å². The molecule has 23 heavy (non-hydrogen) atoms. The molecule has 0 saturated heterocycles. The van der Waals surface area contributed by atoms with Gasteiger partial charge in [0.1, 0.15) is 17.1 Å². The smallest absolute Gasteiger partial charge is 0.339 e. The van der Waals surface area contributed by atoms with Crippen LogP contribution in [0.2, 0.25) is 0 Å². The number of aromatic carboxylic acids is 1. The highest BCUT2D eigenvalue weighted by Crippen LogP contribution is 2.48. The third-order valence-corrected chi connectivity index (χ3v) is 4.23. The Kier molecular flexibility index (Phi) is 3.71. The Morgan fingerprint density at radius 3 is 2.83 bits per heavy atom. The van der Waals surface area contributed by atoms with Crippen LogP contribution in [0.15, 0.2) is 22.9 Å². The van der Waals surface area contributed by atoms with Gasteiger partial charge in [0.25, 0.3) is 0 Å². The Morgan fingerprint density at radius 1 is 1.52 bits per heavy atom. The van der Waals surface area contributed by atoms with Crippen LogP contribution in [0.4, 0.5) is 0 Å². The van der Waals surface area contributed by atoms with Crippen LogP contribution < -0.4 is 0 Å². The lowest BCUT2D eigenvalue weighted by molar-refractivity contribution is -0.132. The van der Waals surface area contributed by atoms with Crippen molar-refractivity contribution in [2.75, 3.05) is 7.05 Å². The first kappa shape index (κ1) is 15.3. The number of aryl methyl sites for hydroxylation is 2. The van der Waals surface area contributed by atoms with E-state index < -0.39 is 5.97 Å². The number of aromatic nitrogens is 2. The molecule has 2 unspecified atom stereocenters. The third-order valence-electron chi connectivity index (χ3n) is 4.23. The van der Waals surface area contributed by atoms with Crippen LogP contribution in [0.5, 0.6) is 0 Å². The van der Waals surface area contributed by atoms with Crippen LogP contribution in [0.3, 0.4) is 0 Å². The highest BCUT2D eigenvalue weighted by atomic mass is 16.4. The number of rotatable bonds is 5. The number of carboxylic acid groups (broad SMARTS) is 1. The van der Waals surface area contributed by atoms with Crippen LogP contribution in [-0.2, 0) is 18.4 Å². The maximum absolute atomic E-state index is 12.5. The maximum Gasteiger partial charge on any atom is 0.339 e. The molecule has 0 radical (unpaired) electrons. The zero-order valence-electron chi connectivity index (χ0n) is 13.3. The molecule has 0 spiro atoms. The highest BCUT2D eigenvalue weighted by molar-refractivity contribution is 5.89. The largest absolute Gasteiger partial charge is 0.478 e. The number of hydrogen-bond acceptors (Lipinski definition) is 4. The monoisotopic (exact) mass is 317 g/mol. The summed E-state index contributed by atoms with van der Waals surface area (Å²) in [5.74, 6) is 0.0585. The van der Waals surface area contributed by atoms with Crippen molar-refractivity contribution in [3.05, 3.63) is 41.1 Å². The molecule has 1 amide bonds. The average molecular weight is 317 g/mol. The summed E-state index contributed by atoms with van der Waals surface area (Å²) >= 11 is 0. The lowest BCUT2D eigenvalue weighted by atomic mass is 10.2. The van der Waals surface area contributed by atoms with Crippen LogP contribution in [0.25, 0.3) is 0 Å². The zero-order valence-corrected chi connectivity index (χ0v) is 13.3. The molecule has 122 valence electrons. The summed E-state index contributed by atoms with van der Waals surface area (Å²) in [7, 11) is 3.56. The summed E-state index contributed by atoms with van der Waals surface area (Å²) in [4.78, 5) is 25.1. The number of carbonyl (C=O) groups excluding carboxylic acids is 1. The van der Waals surface area contributed by atoms with Gasteiger partial charge in [-0.1, -0.05) is 0 Å². The van der Waals surface area contributed by atoms with Crippen molar-refractivity contribution in [3.8, 4) is 0 Å². The quantitative estimate of drug-likeness (QED) is 0.908. The summed E-state index contributed by atoms with van der Waals surface area (Å²) in [5, 5.41) is 13.2. The van der Waals surface area contributed by atoms with E-state index in [1.54, 1.807) is 29.7 Å². The van der Waals surface area contributed by atoms with Gasteiger partial charge in [-0.15, -0.1) is 0 Å². The Balaban J connectivity index is 1.63. The third kappa shape index (κ3) is 2.99. The molecular weight excluding hydrogens is 298 g/mol. The Hall–Kier alpha value is -2.57. The second kappa shape index (κ2) is 5.57. The van der Waals surface area contributed by atoms with Crippen molar-refractivity contribution in [1.82, 2.24) is 14.7 Å². The van der Waals surface area contributed by atoms with Crippen molar-refractivity contribution < 1.29 is 19.1 Å². The Labute approximate surface area is 133 Å². The van der Waals surface area contributed by atoms with Gasteiger partial charge in [0.2, 0.25) is 5.91 Å². The summed E-state index contributed by atoms with van der Waals surface area (Å²) in [6.45, 7) is 1.87. The van der Waals surface area contributed by atoms with E-state index in [-0.39, 0.29) is 29.9 Å². The van der Waals surface area contributed by atoms with Crippen LogP contribution in [0.1, 0.15) is 39.8 Å². The van der Waals surface area contributed by atoms with E-state index in [2.05, 4.69) is 5.10 Å². The first-order chi connectivity index (χ1) is 10.9. The topological polar surface area (TPSA) is 88.6 Å². The van der Waals surface area contributed by atoms with E-state index in [1.165, 1.54) is 6.07 Å². The van der Waals surface area contributed by atoms with Gasteiger partial charge in [-0.25, -0.2) is 4.79 Å². The first-order valence-corrected chi connectivity index (χ1v) is 7.43. The van der Waals surface area contributed by atoms with E-state index in [0.29, 0.717) is 11.5 Å². The zero-order chi connectivity index (χ0) is 16.7. The lowest BCUT2D eigenvalue weighted by Gasteiger charge is -2.15. The van der Waals surface area contributed by atoms with E-state index in [0.717, 1.165) is 12.0 Å². The maximum atomic E-state index is 12.5.